The van der Waals surface area contributed by atoms with Crippen LogP contribution < -0.4 is 4.74 Å². The average molecular weight is 407 g/mol. The van der Waals surface area contributed by atoms with E-state index in [4.69, 9.17) is 16.3 Å². The summed E-state index contributed by atoms with van der Waals surface area (Å²) >= 11 is 5.87. The first-order chi connectivity index (χ1) is 13.2. The highest BCUT2D eigenvalue weighted by atomic mass is 35.5. The van der Waals surface area contributed by atoms with Crippen LogP contribution in [0.25, 0.3) is 11.4 Å². The third kappa shape index (κ3) is 3.80. The predicted octanol–water partition coefficient (Wildman–Crippen LogP) is 5.17. The monoisotopic (exact) mass is 406 g/mol. The number of benzene rings is 2. The van der Waals surface area contributed by atoms with E-state index in [0.29, 0.717) is 16.6 Å². The molecule has 0 radical (unpaired) electrons. The molecule has 3 rings (SSSR count). The summed E-state index contributed by atoms with van der Waals surface area (Å²) < 4.78 is 47.2. The number of hydrogen-bond acceptors (Lipinski definition) is 4. The number of ether oxygens (including phenoxy) is 1. The lowest BCUT2D eigenvalue weighted by Gasteiger charge is -2.16. The lowest BCUT2D eigenvalue weighted by molar-refractivity contribution is -0.137. The van der Waals surface area contributed by atoms with Gasteiger partial charge >= 0.3 is 6.18 Å². The molecule has 2 aromatic carbocycles. The summed E-state index contributed by atoms with van der Waals surface area (Å²) in [4.78, 5) is 0. The number of rotatable bonds is 4. The molecule has 0 saturated heterocycles. The second-order valence-electron chi connectivity index (χ2n) is 6.00. The van der Waals surface area contributed by atoms with Crippen LogP contribution in [-0.4, -0.2) is 14.8 Å². The summed E-state index contributed by atoms with van der Waals surface area (Å²) in [5.41, 5.74) is -0.632. The number of hydrogen-bond donors (Lipinski definition) is 0. The second kappa shape index (κ2) is 7.52. The largest absolute Gasteiger partial charge is 0.481 e. The standard InChI is InChI=1S/C19H14ClF3N4O/c1-11(28-16-8-7-13(20)9-12(16)10-24)17-25-26-18(27(17)2)14-5-3-4-6-15(14)19(21,22)23/h3-9,11H,1-2H3. The van der Waals surface area contributed by atoms with Crippen molar-refractivity contribution in [1.82, 2.24) is 14.8 Å². The van der Waals surface area contributed by atoms with E-state index >= 15 is 0 Å². The summed E-state index contributed by atoms with van der Waals surface area (Å²) in [6.07, 6.45) is -5.19. The fourth-order valence-electron chi connectivity index (χ4n) is 2.79. The van der Waals surface area contributed by atoms with E-state index in [1.54, 1.807) is 26.1 Å². The van der Waals surface area contributed by atoms with Crippen LogP contribution in [0.5, 0.6) is 5.75 Å². The highest BCUT2D eigenvalue weighted by Gasteiger charge is 2.35. The van der Waals surface area contributed by atoms with Crippen molar-refractivity contribution in [2.24, 2.45) is 7.05 Å². The van der Waals surface area contributed by atoms with Gasteiger partial charge in [-0.05, 0) is 31.2 Å². The van der Waals surface area contributed by atoms with E-state index in [0.717, 1.165) is 6.07 Å². The highest BCUT2D eigenvalue weighted by Crippen LogP contribution is 2.37. The summed E-state index contributed by atoms with van der Waals surface area (Å²) in [5, 5.41) is 17.5. The molecule has 0 saturated carbocycles. The molecule has 0 aliphatic carbocycles. The fourth-order valence-corrected chi connectivity index (χ4v) is 2.96. The molecule has 1 atom stereocenters. The molecule has 0 spiro atoms. The predicted molar refractivity (Wildman–Crippen MR) is 96.7 cm³/mol. The maximum Gasteiger partial charge on any atom is 0.417 e. The van der Waals surface area contributed by atoms with Crippen LogP contribution in [0.3, 0.4) is 0 Å². The third-order valence-corrected chi connectivity index (χ3v) is 4.35. The minimum Gasteiger partial charge on any atom is -0.481 e. The van der Waals surface area contributed by atoms with E-state index < -0.39 is 17.8 Å². The first-order valence-electron chi connectivity index (χ1n) is 8.14. The van der Waals surface area contributed by atoms with Crippen LogP contribution in [0.15, 0.2) is 42.5 Å². The zero-order chi connectivity index (χ0) is 20.5. The van der Waals surface area contributed by atoms with Crippen molar-refractivity contribution in [2.75, 3.05) is 0 Å². The van der Waals surface area contributed by atoms with Gasteiger partial charge in [-0.3, -0.25) is 0 Å². The molecule has 1 aromatic heterocycles. The molecule has 1 heterocycles. The quantitative estimate of drug-likeness (QED) is 0.600. The van der Waals surface area contributed by atoms with Gasteiger partial charge in [0.2, 0.25) is 0 Å². The normalized spacial score (nSPS) is 12.5. The Morgan fingerprint density at radius 3 is 2.57 bits per heavy atom. The van der Waals surface area contributed by atoms with Crippen molar-refractivity contribution in [3.63, 3.8) is 0 Å². The number of halogens is 4. The van der Waals surface area contributed by atoms with E-state index in [9.17, 15) is 18.4 Å². The maximum absolute atomic E-state index is 13.3. The number of nitrogens with zero attached hydrogens (tertiary/aromatic N) is 4. The molecule has 9 heteroatoms. The van der Waals surface area contributed by atoms with Crippen molar-refractivity contribution in [1.29, 1.82) is 5.26 Å². The van der Waals surface area contributed by atoms with Crippen molar-refractivity contribution < 1.29 is 17.9 Å². The average Bonchev–Trinajstić information content (AvgIpc) is 3.03. The Labute approximate surface area is 164 Å². The summed E-state index contributed by atoms with van der Waals surface area (Å²) in [5.74, 6) is 0.667. The second-order valence-corrected chi connectivity index (χ2v) is 6.43. The molecule has 144 valence electrons. The van der Waals surface area contributed by atoms with Gasteiger partial charge in [0, 0.05) is 17.6 Å². The number of nitriles is 1. The van der Waals surface area contributed by atoms with Gasteiger partial charge in [0.25, 0.3) is 0 Å². The lowest BCUT2D eigenvalue weighted by Crippen LogP contribution is -2.12. The Balaban J connectivity index is 1.96. The molecular weight excluding hydrogens is 393 g/mol. The Morgan fingerprint density at radius 2 is 1.89 bits per heavy atom. The van der Waals surface area contributed by atoms with Crippen molar-refractivity contribution >= 4 is 11.6 Å². The first-order valence-corrected chi connectivity index (χ1v) is 8.52. The molecule has 0 bridgehead atoms. The highest BCUT2D eigenvalue weighted by molar-refractivity contribution is 6.30. The van der Waals surface area contributed by atoms with Gasteiger partial charge < -0.3 is 9.30 Å². The van der Waals surface area contributed by atoms with Crippen LogP contribution in [0, 0.1) is 11.3 Å². The van der Waals surface area contributed by atoms with Crippen LogP contribution in [0.2, 0.25) is 5.02 Å². The van der Waals surface area contributed by atoms with Crippen LogP contribution in [0.4, 0.5) is 13.2 Å². The smallest absolute Gasteiger partial charge is 0.417 e. The van der Waals surface area contributed by atoms with E-state index in [2.05, 4.69) is 10.2 Å². The zero-order valence-electron chi connectivity index (χ0n) is 14.8. The van der Waals surface area contributed by atoms with Crippen molar-refractivity contribution in [2.45, 2.75) is 19.2 Å². The molecule has 0 amide bonds. The summed E-state index contributed by atoms with van der Waals surface area (Å²) in [6, 6.07) is 11.7. The minimum absolute atomic E-state index is 0.0648. The van der Waals surface area contributed by atoms with Gasteiger partial charge in [0.1, 0.15) is 11.8 Å². The topological polar surface area (TPSA) is 63.7 Å². The van der Waals surface area contributed by atoms with Gasteiger partial charge in [-0.15, -0.1) is 10.2 Å². The summed E-state index contributed by atoms with van der Waals surface area (Å²) in [7, 11) is 1.56. The Morgan fingerprint density at radius 1 is 1.18 bits per heavy atom. The van der Waals surface area contributed by atoms with Gasteiger partial charge in [-0.2, -0.15) is 18.4 Å². The SMILES string of the molecule is CC(Oc1ccc(Cl)cc1C#N)c1nnc(-c2ccccc2C(F)(F)F)n1C. The Kier molecular flexibility index (Phi) is 5.29. The zero-order valence-corrected chi connectivity index (χ0v) is 15.6. The number of aromatic nitrogens is 3. The fraction of sp³-hybridized carbons (Fsp3) is 0.211. The molecule has 0 N–H and O–H groups in total. The Bertz CT molecular complexity index is 1060. The molecule has 3 aromatic rings. The van der Waals surface area contributed by atoms with Crippen molar-refractivity contribution in [3.05, 3.63) is 64.4 Å². The van der Waals surface area contributed by atoms with Crippen LogP contribution in [0.1, 0.15) is 30.0 Å². The van der Waals surface area contributed by atoms with Gasteiger partial charge in [0.15, 0.2) is 17.8 Å². The Hall–Kier alpha value is -3.05. The third-order valence-electron chi connectivity index (χ3n) is 4.11. The van der Waals surface area contributed by atoms with Gasteiger partial charge in [-0.1, -0.05) is 29.8 Å². The molecule has 0 aliphatic heterocycles. The van der Waals surface area contributed by atoms with Gasteiger partial charge in [0.05, 0.1) is 11.1 Å². The summed E-state index contributed by atoms with van der Waals surface area (Å²) in [6.45, 7) is 1.67. The van der Waals surface area contributed by atoms with Crippen LogP contribution in [-0.2, 0) is 13.2 Å². The van der Waals surface area contributed by atoms with Crippen LogP contribution >= 0.6 is 11.6 Å². The van der Waals surface area contributed by atoms with E-state index in [-0.39, 0.29) is 17.0 Å². The number of alkyl halides is 3. The van der Waals surface area contributed by atoms with E-state index in [1.807, 2.05) is 6.07 Å². The van der Waals surface area contributed by atoms with E-state index in [1.165, 1.54) is 28.8 Å². The molecule has 0 aliphatic rings. The van der Waals surface area contributed by atoms with Gasteiger partial charge in [-0.25, -0.2) is 0 Å². The maximum atomic E-state index is 13.3. The lowest BCUT2D eigenvalue weighted by atomic mass is 10.1. The molecule has 5 nitrogen and oxygen atoms in total. The molecule has 28 heavy (non-hydrogen) atoms. The minimum atomic E-state index is -4.52. The molecule has 0 fully saturated rings. The molecule has 1 unspecified atom stereocenters. The first kappa shape index (κ1) is 19.7. The van der Waals surface area contributed by atoms with Crippen molar-refractivity contribution in [3.8, 4) is 23.2 Å². The molecular formula is C19H14ClF3N4O.